The molecule has 0 atom stereocenters. The van der Waals surface area contributed by atoms with E-state index in [4.69, 9.17) is 0 Å². The molecule has 4 aromatic rings. The monoisotopic (exact) mass is 386 g/mol. The number of benzene rings is 2. The van der Waals surface area contributed by atoms with Crippen LogP contribution >= 0.6 is 11.8 Å². The first-order chi connectivity index (χ1) is 13.7. The largest absolute Gasteiger partial charge is 0.355 e. The van der Waals surface area contributed by atoms with E-state index in [1.807, 2.05) is 48.6 Å². The van der Waals surface area contributed by atoms with Crippen LogP contribution in [0.3, 0.4) is 0 Å². The van der Waals surface area contributed by atoms with Gasteiger partial charge in [-0.15, -0.1) is 0 Å². The maximum Gasteiger partial charge on any atom is 0.251 e. The van der Waals surface area contributed by atoms with E-state index in [1.54, 1.807) is 31.1 Å². The highest BCUT2D eigenvalue weighted by Crippen LogP contribution is 2.31. The summed E-state index contributed by atoms with van der Waals surface area (Å²) in [4.78, 5) is 18.2. The molecule has 0 spiro atoms. The number of carbonyl (C=O) groups excluding carboxylic acids is 1. The molecule has 0 saturated heterocycles. The number of carbonyl (C=O) groups is 1. The predicted octanol–water partition coefficient (Wildman–Crippen LogP) is 4.64. The molecule has 0 saturated carbocycles. The van der Waals surface area contributed by atoms with Crippen LogP contribution in [0.15, 0.2) is 76.7 Å². The molecule has 5 nitrogen and oxygen atoms in total. The molecular formula is C22H18N4OS. The fraction of sp³-hybridized carbons (Fsp3) is 0.0455. The minimum absolute atomic E-state index is 0.0872. The van der Waals surface area contributed by atoms with Crippen molar-refractivity contribution < 1.29 is 4.79 Å². The van der Waals surface area contributed by atoms with Gasteiger partial charge in [0.05, 0.1) is 16.9 Å². The van der Waals surface area contributed by atoms with E-state index in [9.17, 15) is 4.79 Å². The molecule has 0 aliphatic rings. The second kappa shape index (κ2) is 8.10. The van der Waals surface area contributed by atoms with Crippen LogP contribution in [-0.2, 0) is 0 Å². The van der Waals surface area contributed by atoms with Crippen LogP contribution in [0.25, 0.3) is 23.1 Å². The number of aromatic nitrogens is 3. The van der Waals surface area contributed by atoms with E-state index in [0.29, 0.717) is 5.56 Å². The molecule has 0 aliphatic carbocycles. The Bertz CT molecular complexity index is 1150. The highest BCUT2D eigenvalue weighted by Gasteiger charge is 2.07. The number of nitrogens with one attached hydrogen (secondary N) is 2. The topological polar surface area (TPSA) is 70.7 Å². The Labute approximate surface area is 166 Å². The Kier molecular flexibility index (Phi) is 5.21. The number of amides is 1. The quantitative estimate of drug-likeness (QED) is 0.524. The van der Waals surface area contributed by atoms with Gasteiger partial charge in [-0.05, 0) is 60.7 Å². The summed E-state index contributed by atoms with van der Waals surface area (Å²) in [5.41, 5.74) is 3.38. The molecule has 0 aliphatic heterocycles. The molecule has 1 amide bonds. The summed E-state index contributed by atoms with van der Waals surface area (Å²) < 4.78 is 0. The van der Waals surface area contributed by atoms with Gasteiger partial charge in [-0.2, -0.15) is 5.10 Å². The van der Waals surface area contributed by atoms with Crippen molar-refractivity contribution in [2.24, 2.45) is 0 Å². The van der Waals surface area contributed by atoms with Crippen molar-refractivity contribution >= 4 is 40.7 Å². The lowest BCUT2D eigenvalue weighted by Gasteiger charge is -2.05. The van der Waals surface area contributed by atoms with Gasteiger partial charge in [0.2, 0.25) is 0 Å². The van der Waals surface area contributed by atoms with Crippen molar-refractivity contribution in [1.29, 1.82) is 0 Å². The van der Waals surface area contributed by atoms with Gasteiger partial charge in [-0.3, -0.25) is 14.9 Å². The molecule has 0 radical (unpaired) electrons. The summed E-state index contributed by atoms with van der Waals surface area (Å²) >= 11 is 1.61. The van der Waals surface area contributed by atoms with Crippen molar-refractivity contribution in [3.63, 3.8) is 0 Å². The van der Waals surface area contributed by atoms with Gasteiger partial charge < -0.3 is 5.32 Å². The molecule has 0 bridgehead atoms. The minimum Gasteiger partial charge on any atom is -0.355 e. The molecule has 2 N–H and O–H groups in total. The SMILES string of the molecule is CNC(=O)c1cccc(Sc2ccc3c(/C=C/c4ccccn4)n[nH]c3c2)c1. The maximum absolute atomic E-state index is 11.8. The number of pyridine rings is 1. The zero-order valence-corrected chi connectivity index (χ0v) is 16.0. The van der Waals surface area contributed by atoms with Crippen LogP contribution in [0.1, 0.15) is 21.7 Å². The van der Waals surface area contributed by atoms with Crippen molar-refractivity contribution in [3.8, 4) is 0 Å². The molecule has 2 aromatic carbocycles. The summed E-state index contributed by atoms with van der Waals surface area (Å²) in [6.07, 6.45) is 5.67. The van der Waals surface area contributed by atoms with Crippen molar-refractivity contribution in [2.45, 2.75) is 9.79 Å². The first-order valence-electron chi connectivity index (χ1n) is 8.80. The number of fused-ring (bicyclic) bond motifs is 1. The normalized spacial score (nSPS) is 11.2. The molecule has 2 aromatic heterocycles. The molecular weight excluding hydrogens is 368 g/mol. The van der Waals surface area contributed by atoms with Crippen LogP contribution in [0.4, 0.5) is 0 Å². The summed E-state index contributed by atoms with van der Waals surface area (Å²) in [5, 5.41) is 11.2. The summed E-state index contributed by atoms with van der Waals surface area (Å²) in [5.74, 6) is -0.0872. The first-order valence-corrected chi connectivity index (χ1v) is 9.62. The van der Waals surface area contributed by atoms with Crippen LogP contribution in [-0.4, -0.2) is 28.1 Å². The Morgan fingerprint density at radius 3 is 2.75 bits per heavy atom. The number of aromatic amines is 1. The Morgan fingerprint density at radius 2 is 1.93 bits per heavy atom. The lowest BCUT2D eigenvalue weighted by Crippen LogP contribution is -2.17. The van der Waals surface area contributed by atoms with Crippen LogP contribution < -0.4 is 5.32 Å². The Hall–Kier alpha value is -3.38. The smallest absolute Gasteiger partial charge is 0.251 e. The summed E-state index contributed by atoms with van der Waals surface area (Å²) in [6, 6.07) is 19.6. The van der Waals surface area contributed by atoms with Gasteiger partial charge in [0.1, 0.15) is 0 Å². The van der Waals surface area contributed by atoms with Crippen molar-refractivity contribution in [2.75, 3.05) is 7.05 Å². The fourth-order valence-corrected chi connectivity index (χ4v) is 3.75. The highest BCUT2D eigenvalue weighted by atomic mass is 32.2. The lowest BCUT2D eigenvalue weighted by atomic mass is 10.2. The second-order valence-electron chi connectivity index (χ2n) is 6.11. The number of nitrogens with zero attached hydrogens (tertiary/aromatic N) is 2. The molecule has 28 heavy (non-hydrogen) atoms. The van der Waals surface area contributed by atoms with Crippen molar-refractivity contribution in [1.82, 2.24) is 20.5 Å². The second-order valence-corrected chi connectivity index (χ2v) is 7.26. The zero-order chi connectivity index (χ0) is 19.3. The third-order valence-electron chi connectivity index (χ3n) is 4.22. The molecule has 6 heteroatoms. The highest BCUT2D eigenvalue weighted by molar-refractivity contribution is 7.99. The molecule has 2 heterocycles. The third kappa shape index (κ3) is 3.97. The number of hydrogen-bond donors (Lipinski definition) is 2. The zero-order valence-electron chi connectivity index (χ0n) is 15.2. The predicted molar refractivity (Wildman–Crippen MR) is 113 cm³/mol. The van der Waals surface area contributed by atoms with Crippen LogP contribution in [0.2, 0.25) is 0 Å². The van der Waals surface area contributed by atoms with E-state index in [2.05, 4.69) is 38.7 Å². The van der Waals surface area contributed by atoms with E-state index < -0.39 is 0 Å². The van der Waals surface area contributed by atoms with Gasteiger partial charge >= 0.3 is 0 Å². The molecule has 138 valence electrons. The van der Waals surface area contributed by atoms with Gasteiger partial charge in [0.25, 0.3) is 5.91 Å². The van der Waals surface area contributed by atoms with Crippen LogP contribution in [0, 0.1) is 0 Å². The van der Waals surface area contributed by atoms with Gasteiger partial charge in [-0.25, -0.2) is 0 Å². The first kappa shape index (κ1) is 18.0. The van der Waals surface area contributed by atoms with Gasteiger partial charge in [-0.1, -0.05) is 23.9 Å². The third-order valence-corrected chi connectivity index (χ3v) is 5.20. The average Bonchev–Trinajstić information content (AvgIpc) is 3.15. The van der Waals surface area contributed by atoms with E-state index in [-0.39, 0.29) is 5.91 Å². The molecule has 0 fully saturated rings. The van der Waals surface area contributed by atoms with Crippen molar-refractivity contribution in [3.05, 3.63) is 83.8 Å². The maximum atomic E-state index is 11.8. The fourth-order valence-electron chi connectivity index (χ4n) is 2.83. The van der Waals surface area contributed by atoms with E-state index >= 15 is 0 Å². The summed E-state index contributed by atoms with van der Waals surface area (Å²) in [6.45, 7) is 0. The van der Waals surface area contributed by atoms with Gasteiger partial charge in [0.15, 0.2) is 0 Å². The molecule has 0 unspecified atom stereocenters. The minimum atomic E-state index is -0.0872. The average molecular weight is 386 g/mol. The van der Waals surface area contributed by atoms with Crippen LogP contribution in [0.5, 0.6) is 0 Å². The summed E-state index contributed by atoms with van der Waals surface area (Å²) in [7, 11) is 1.63. The number of H-pyrrole nitrogens is 1. The molecule has 4 rings (SSSR count). The van der Waals surface area contributed by atoms with Gasteiger partial charge in [0, 0.05) is 34.0 Å². The van der Waals surface area contributed by atoms with E-state index in [1.165, 1.54) is 0 Å². The lowest BCUT2D eigenvalue weighted by molar-refractivity contribution is 0.0963. The Morgan fingerprint density at radius 1 is 1.04 bits per heavy atom. The van der Waals surface area contributed by atoms with E-state index in [0.717, 1.165) is 32.1 Å². The number of hydrogen-bond acceptors (Lipinski definition) is 4. The standard InChI is InChI=1S/C22H18N4OS/c1-23-22(27)15-5-4-7-17(13-15)28-18-9-10-19-20(25-26-21(19)14-18)11-8-16-6-2-3-12-24-16/h2-14H,1H3,(H,23,27)(H,25,26)/b11-8+. The Balaban J connectivity index is 1.56. The number of rotatable bonds is 5.